The van der Waals surface area contributed by atoms with Gasteiger partial charge in [0, 0.05) is 19.2 Å². The number of hydrogen-bond donors (Lipinski definition) is 3. The highest BCUT2D eigenvalue weighted by molar-refractivity contribution is 7.13. The summed E-state index contributed by atoms with van der Waals surface area (Å²) in [6.45, 7) is 2.71. The fourth-order valence-electron chi connectivity index (χ4n) is 3.38. The van der Waals surface area contributed by atoms with Crippen molar-refractivity contribution in [1.29, 1.82) is 0 Å². The molecule has 0 aliphatic carbocycles. The van der Waals surface area contributed by atoms with Gasteiger partial charge in [0.05, 0.1) is 16.9 Å². The van der Waals surface area contributed by atoms with Crippen LogP contribution in [0.15, 0.2) is 28.1 Å². The van der Waals surface area contributed by atoms with Crippen LogP contribution in [0.2, 0.25) is 0 Å². The van der Waals surface area contributed by atoms with E-state index < -0.39 is 17.9 Å². The van der Waals surface area contributed by atoms with Crippen molar-refractivity contribution in [2.75, 3.05) is 26.2 Å². The maximum Gasteiger partial charge on any atom is 0.273 e. The molecule has 2 aromatic rings. The molecule has 2 aromatic heterocycles. The SMILES string of the molecule is NC(=O)[C@@H]1CCN(CCCCCNC(=O)c2cc(-c3cccs3)on2)C[C@H]1O. The second-order valence-electron chi connectivity index (χ2n) is 7.04. The molecule has 3 rings (SSSR count). The van der Waals surface area contributed by atoms with Crippen molar-refractivity contribution in [2.24, 2.45) is 11.7 Å². The van der Waals surface area contributed by atoms with Crippen LogP contribution in [0.3, 0.4) is 0 Å². The molecule has 152 valence electrons. The van der Waals surface area contributed by atoms with Crippen molar-refractivity contribution in [3.05, 3.63) is 29.3 Å². The van der Waals surface area contributed by atoms with Crippen molar-refractivity contribution in [1.82, 2.24) is 15.4 Å². The van der Waals surface area contributed by atoms with Gasteiger partial charge in [0.25, 0.3) is 5.91 Å². The molecule has 9 heteroatoms. The molecule has 1 fully saturated rings. The van der Waals surface area contributed by atoms with Crippen molar-refractivity contribution in [3.8, 4) is 10.6 Å². The van der Waals surface area contributed by atoms with E-state index in [-0.39, 0.29) is 11.6 Å². The molecule has 4 N–H and O–H groups in total. The van der Waals surface area contributed by atoms with Crippen LogP contribution in [-0.2, 0) is 4.79 Å². The second kappa shape index (κ2) is 9.81. The van der Waals surface area contributed by atoms with Gasteiger partial charge < -0.3 is 25.6 Å². The van der Waals surface area contributed by atoms with Crippen LogP contribution >= 0.6 is 11.3 Å². The lowest BCUT2D eigenvalue weighted by Crippen LogP contribution is -2.48. The molecule has 1 aliphatic rings. The molecule has 0 aromatic carbocycles. The van der Waals surface area contributed by atoms with Gasteiger partial charge in [-0.2, -0.15) is 0 Å². The molecule has 3 heterocycles. The molecule has 0 radical (unpaired) electrons. The Balaban J connectivity index is 1.29. The van der Waals surface area contributed by atoms with Crippen LogP contribution in [0.1, 0.15) is 36.2 Å². The predicted molar refractivity (Wildman–Crippen MR) is 106 cm³/mol. The van der Waals surface area contributed by atoms with Crippen LogP contribution in [0.25, 0.3) is 10.6 Å². The van der Waals surface area contributed by atoms with E-state index in [1.807, 2.05) is 17.5 Å². The lowest BCUT2D eigenvalue weighted by atomic mass is 9.93. The molecule has 0 saturated carbocycles. The van der Waals surface area contributed by atoms with Gasteiger partial charge in [-0.05, 0) is 43.8 Å². The number of piperidine rings is 1. The van der Waals surface area contributed by atoms with E-state index in [1.54, 1.807) is 6.07 Å². The number of nitrogens with zero attached hydrogens (tertiary/aromatic N) is 2. The summed E-state index contributed by atoms with van der Waals surface area (Å²) in [6, 6.07) is 5.49. The van der Waals surface area contributed by atoms with Gasteiger partial charge in [0.15, 0.2) is 11.5 Å². The first-order valence-electron chi connectivity index (χ1n) is 9.53. The Morgan fingerprint density at radius 3 is 2.96 bits per heavy atom. The zero-order valence-corrected chi connectivity index (χ0v) is 16.5. The number of primary amides is 1. The van der Waals surface area contributed by atoms with Gasteiger partial charge >= 0.3 is 0 Å². The number of unbranched alkanes of at least 4 members (excludes halogenated alkanes) is 2. The lowest BCUT2D eigenvalue weighted by molar-refractivity contribution is -0.128. The van der Waals surface area contributed by atoms with Crippen LogP contribution in [0.5, 0.6) is 0 Å². The Morgan fingerprint density at radius 1 is 1.39 bits per heavy atom. The van der Waals surface area contributed by atoms with Gasteiger partial charge in [-0.3, -0.25) is 9.59 Å². The van der Waals surface area contributed by atoms with Gasteiger partial charge in [-0.25, -0.2) is 0 Å². The Morgan fingerprint density at radius 2 is 2.25 bits per heavy atom. The highest BCUT2D eigenvalue weighted by Gasteiger charge is 2.30. The fraction of sp³-hybridized carbons (Fsp3) is 0.526. The molecule has 28 heavy (non-hydrogen) atoms. The average molecular weight is 407 g/mol. The molecule has 0 spiro atoms. The number of likely N-dealkylation sites (tertiary alicyclic amines) is 1. The second-order valence-corrected chi connectivity index (χ2v) is 7.98. The number of nitrogens with one attached hydrogen (secondary N) is 1. The average Bonchev–Trinajstić information content (AvgIpc) is 3.35. The molecular weight excluding hydrogens is 380 g/mol. The number of carbonyl (C=O) groups is 2. The number of aliphatic hydroxyl groups is 1. The fourth-order valence-corrected chi connectivity index (χ4v) is 4.05. The Labute approximate surface area is 167 Å². The van der Waals surface area contributed by atoms with E-state index in [2.05, 4.69) is 15.4 Å². The highest BCUT2D eigenvalue weighted by atomic mass is 32.1. The summed E-state index contributed by atoms with van der Waals surface area (Å²) in [6.07, 6.45) is 2.73. The van der Waals surface area contributed by atoms with E-state index >= 15 is 0 Å². The number of thiophene rings is 1. The lowest BCUT2D eigenvalue weighted by Gasteiger charge is -2.34. The number of aliphatic hydroxyl groups excluding tert-OH is 1. The Hall–Kier alpha value is -2.23. The summed E-state index contributed by atoms with van der Waals surface area (Å²) in [7, 11) is 0. The highest BCUT2D eigenvalue weighted by Crippen LogP contribution is 2.25. The van der Waals surface area contributed by atoms with Gasteiger partial charge in [-0.1, -0.05) is 17.6 Å². The summed E-state index contributed by atoms with van der Waals surface area (Å²) in [5, 5.41) is 18.6. The first-order chi connectivity index (χ1) is 13.5. The number of β-amino-alcohol motifs (C(OH)–C–C–N with tert-alkyl or cyclic N) is 1. The third-order valence-corrected chi connectivity index (χ3v) is 5.86. The number of aromatic nitrogens is 1. The van der Waals surface area contributed by atoms with E-state index in [4.69, 9.17) is 10.3 Å². The van der Waals surface area contributed by atoms with Gasteiger partial charge in [-0.15, -0.1) is 11.3 Å². The monoisotopic (exact) mass is 406 g/mol. The van der Waals surface area contributed by atoms with Crippen molar-refractivity contribution < 1.29 is 19.2 Å². The van der Waals surface area contributed by atoms with Crippen molar-refractivity contribution in [2.45, 2.75) is 31.8 Å². The number of nitrogens with two attached hydrogens (primary N) is 1. The number of hydrogen-bond acceptors (Lipinski definition) is 7. The van der Waals surface area contributed by atoms with E-state index in [9.17, 15) is 14.7 Å². The first kappa shape index (κ1) is 20.5. The maximum absolute atomic E-state index is 12.1. The Bertz CT molecular complexity index is 777. The molecule has 2 atom stereocenters. The largest absolute Gasteiger partial charge is 0.391 e. The summed E-state index contributed by atoms with van der Waals surface area (Å²) >= 11 is 1.53. The maximum atomic E-state index is 12.1. The standard InChI is InChI=1S/C19H26N4O4S/c20-18(25)13-6-9-23(12-15(13)24)8-3-1-2-7-21-19(26)14-11-16(27-22-14)17-5-4-10-28-17/h4-5,10-11,13,15,24H,1-3,6-9,12H2,(H2,20,25)(H,21,26)/t13-,15-/m1/s1. The number of carbonyl (C=O) groups excluding carboxylic acids is 2. The van der Waals surface area contributed by atoms with Crippen LogP contribution in [-0.4, -0.2) is 59.3 Å². The minimum Gasteiger partial charge on any atom is -0.391 e. The van der Waals surface area contributed by atoms with Crippen LogP contribution in [0, 0.1) is 5.92 Å². The summed E-state index contributed by atoms with van der Waals surface area (Å²) in [5.41, 5.74) is 5.58. The zero-order valence-electron chi connectivity index (χ0n) is 15.7. The number of rotatable bonds is 9. The van der Waals surface area contributed by atoms with Gasteiger partial charge in [0.2, 0.25) is 5.91 Å². The van der Waals surface area contributed by atoms with E-state index in [1.165, 1.54) is 11.3 Å². The first-order valence-corrected chi connectivity index (χ1v) is 10.4. The van der Waals surface area contributed by atoms with E-state index in [0.29, 0.717) is 25.3 Å². The molecular formula is C19H26N4O4S. The van der Waals surface area contributed by atoms with E-state index in [0.717, 1.165) is 37.2 Å². The third kappa shape index (κ3) is 5.40. The molecule has 8 nitrogen and oxygen atoms in total. The van der Waals surface area contributed by atoms with Crippen LogP contribution in [0.4, 0.5) is 0 Å². The normalized spacial score (nSPS) is 20.2. The molecule has 2 amide bonds. The zero-order chi connectivity index (χ0) is 19.9. The quantitative estimate of drug-likeness (QED) is 0.542. The van der Waals surface area contributed by atoms with Gasteiger partial charge in [0.1, 0.15) is 0 Å². The Kier molecular flexibility index (Phi) is 7.18. The van der Waals surface area contributed by atoms with Crippen LogP contribution < -0.4 is 11.1 Å². The smallest absolute Gasteiger partial charge is 0.273 e. The van der Waals surface area contributed by atoms with Crippen molar-refractivity contribution >= 4 is 23.2 Å². The summed E-state index contributed by atoms with van der Waals surface area (Å²) in [4.78, 5) is 26.4. The third-order valence-electron chi connectivity index (χ3n) is 4.97. The van der Waals surface area contributed by atoms with Crippen molar-refractivity contribution in [3.63, 3.8) is 0 Å². The predicted octanol–water partition coefficient (Wildman–Crippen LogP) is 1.47. The number of amides is 2. The topological polar surface area (TPSA) is 122 Å². The molecule has 1 saturated heterocycles. The minimum absolute atomic E-state index is 0.233. The molecule has 0 unspecified atom stereocenters. The molecule has 1 aliphatic heterocycles. The summed E-state index contributed by atoms with van der Waals surface area (Å²) < 4.78 is 5.22. The molecule has 0 bridgehead atoms. The summed E-state index contributed by atoms with van der Waals surface area (Å²) in [5.74, 6) is -0.480. The minimum atomic E-state index is -0.674.